The van der Waals surface area contributed by atoms with Gasteiger partial charge in [-0.3, -0.25) is 0 Å². The van der Waals surface area contributed by atoms with Crippen LogP contribution < -0.4 is 5.32 Å². The number of nitrogens with one attached hydrogen (secondary N) is 1. The lowest BCUT2D eigenvalue weighted by molar-refractivity contribution is -0.0643. The van der Waals surface area contributed by atoms with Crippen molar-refractivity contribution in [1.29, 1.82) is 0 Å². The van der Waals surface area contributed by atoms with Crippen LogP contribution >= 0.6 is 0 Å². The van der Waals surface area contributed by atoms with Gasteiger partial charge in [-0.1, -0.05) is 6.92 Å². The Hall–Kier alpha value is -0.120. The summed E-state index contributed by atoms with van der Waals surface area (Å²) < 4.78 is 0. The third-order valence-electron chi connectivity index (χ3n) is 3.18. The van der Waals surface area contributed by atoms with Crippen LogP contribution in [0.5, 0.6) is 0 Å². The minimum absolute atomic E-state index is 0.132. The van der Waals surface area contributed by atoms with Crippen LogP contribution in [0.3, 0.4) is 0 Å². The largest absolute Gasteiger partial charge is 0.390 e. The minimum atomic E-state index is -0.820. The summed E-state index contributed by atoms with van der Waals surface area (Å²) >= 11 is 0. The van der Waals surface area contributed by atoms with Gasteiger partial charge in [0, 0.05) is 6.04 Å². The van der Waals surface area contributed by atoms with E-state index in [0.29, 0.717) is 6.42 Å². The first-order valence-electron chi connectivity index (χ1n) is 4.28. The number of aliphatic hydroxyl groups excluding tert-OH is 1. The van der Waals surface area contributed by atoms with Crippen molar-refractivity contribution in [3.8, 4) is 0 Å². The minimum Gasteiger partial charge on any atom is -0.390 e. The van der Waals surface area contributed by atoms with E-state index in [4.69, 9.17) is 0 Å². The van der Waals surface area contributed by atoms with Crippen molar-refractivity contribution in [3.63, 3.8) is 0 Å². The van der Waals surface area contributed by atoms with E-state index < -0.39 is 11.7 Å². The number of hydrogen-bond donors (Lipinski definition) is 3. The van der Waals surface area contributed by atoms with Gasteiger partial charge in [-0.05, 0) is 25.3 Å². The van der Waals surface area contributed by atoms with Crippen molar-refractivity contribution in [3.05, 3.63) is 0 Å². The molecule has 0 aromatic rings. The van der Waals surface area contributed by atoms with E-state index in [1.165, 1.54) is 0 Å². The third-order valence-corrected chi connectivity index (χ3v) is 3.18. The molecule has 11 heavy (non-hydrogen) atoms. The van der Waals surface area contributed by atoms with E-state index in [1.807, 2.05) is 6.92 Å². The summed E-state index contributed by atoms with van der Waals surface area (Å²) in [7, 11) is 0. The smallest absolute Gasteiger partial charge is 0.107 e. The SMILES string of the molecule is CC1CC2NCCC2(O)C1O. The summed E-state index contributed by atoms with van der Waals surface area (Å²) in [5.74, 6) is 0.234. The monoisotopic (exact) mass is 157 g/mol. The van der Waals surface area contributed by atoms with Gasteiger partial charge in [0.15, 0.2) is 0 Å². The fourth-order valence-corrected chi connectivity index (χ4v) is 2.43. The fourth-order valence-electron chi connectivity index (χ4n) is 2.43. The molecule has 2 fully saturated rings. The quantitative estimate of drug-likeness (QED) is 0.443. The van der Waals surface area contributed by atoms with Crippen LogP contribution in [0.4, 0.5) is 0 Å². The molecule has 1 saturated heterocycles. The summed E-state index contributed by atoms with van der Waals surface area (Å²) in [4.78, 5) is 0. The molecule has 0 bridgehead atoms. The number of aliphatic hydroxyl groups is 2. The first-order valence-corrected chi connectivity index (χ1v) is 4.28. The van der Waals surface area contributed by atoms with Crippen molar-refractivity contribution in [2.24, 2.45) is 5.92 Å². The van der Waals surface area contributed by atoms with Gasteiger partial charge in [0.25, 0.3) is 0 Å². The zero-order chi connectivity index (χ0) is 8.06. The van der Waals surface area contributed by atoms with Gasteiger partial charge in [0.2, 0.25) is 0 Å². The van der Waals surface area contributed by atoms with Crippen molar-refractivity contribution in [1.82, 2.24) is 5.32 Å². The van der Waals surface area contributed by atoms with Gasteiger partial charge in [-0.25, -0.2) is 0 Å². The highest BCUT2D eigenvalue weighted by Crippen LogP contribution is 2.39. The molecule has 0 spiro atoms. The Morgan fingerprint density at radius 3 is 2.91 bits per heavy atom. The molecular weight excluding hydrogens is 142 g/mol. The second-order valence-electron chi connectivity index (χ2n) is 3.91. The zero-order valence-electron chi connectivity index (χ0n) is 6.75. The Morgan fingerprint density at radius 1 is 1.55 bits per heavy atom. The van der Waals surface area contributed by atoms with Crippen LogP contribution in [0.2, 0.25) is 0 Å². The topological polar surface area (TPSA) is 52.5 Å². The van der Waals surface area contributed by atoms with Gasteiger partial charge in [-0.2, -0.15) is 0 Å². The number of hydrogen-bond acceptors (Lipinski definition) is 3. The highest BCUT2D eigenvalue weighted by molar-refractivity contribution is 5.09. The van der Waals surface area contributed by atoms with Gasteiger partial charge < -0.3 is 15.5 Å². The molecule has 0 aromatic heterocycles. The van der Waals surface area contributed by atoms with E-state index in [2.05, 4.69) is 5.32 Å². The van der Waals surface area contributed by atoms with Crippen LogP contribution in [0, 0.1) is 5.92 Å². The molecule has 0 radical (unpaired) electrons. The maximum atomic E-state index is 9.96. The highest BCUT2D eigenvalue weighted by Gasteiger charge is 2.54. The maximum Gasteiger partial charge on any atom is 0.107 e. The average molecular weight is 157 g/mol. The summed E-state index contributed by atoms with van der Waals surface area (Å²) in [5, 5.41) is 22.8. The Labute approximate surface area is 66.4 Å². The van der Waals surface area contributed by atoms with E-state index in [1.54, 1.807) is 0 Å². The molecule has 1 aliphatic heterocycles. The summed E-state index contributed by atoms with van der Waals surface area (Å²) in [6.45, 7) is 2.83. The molecule has 1 aliphatic carbocycles. The lowest BCUT2D eigenvalue weighted by Crippen LogP contribution is -2.45. The van der Waals surface area contributed by atoms with Crippen LogP contribution in [-0.2, 0) is 0 Å². The van der Waals surface area contributed by atoms with Crippen LogP contribution in [0.1, 0.15) is 19.8 Å². The molecule has 0 amide bonds. The average Bonchev–Trinajstić information content (AvgIpc) is 2.39. The zero-order valence-corrected chi connectivity index (χ0v) is 6.75. The molecule has 2 aliphatic rings. The fraction of sp³-hybridized carbons (Fsp3) is 1.00. The van der Waals surface area contributed by atoms with Crippen molar-refractivity contribution < 1.29 is 10.2 Å². The molecule has 1 saturated carbocycles. The van der Waals surface area contributed by atoms with Gasteiger partial charge in [-0.15, -0.1) is 0 Å². The van der Waals surface area contributed by atoms with Crippen molar-refractivity contribution in [2.75, 3.05) is 6.54 Å². The van der Waals surface area contributed by atoms with Crippen LogP contribution in [0.15, 0.2) is 0 Å². The van der Waals surface area contributed by atoms with Gasteiger partial charge in [0.05, 0.1) is 6.10 Å². The Kier molecular flexibility index (Phi) is 1.50. The standard InChI is InChI=1S/C8H15NO2/c1-5-4-6-8(11,7(5)10)2-3-9-6/h5-7,9-11H,2-4H2,1H3. The van der Waals surface area contributed by atoms with E-state index in [-0.39, 0.29) is 12.0 Å². The second-order valence-corrected chi connectivity index (χ2v) is 3.91. The predicted octanol–water partition coefficient (Wildman–Crippen LogP) is -0.520. The summed E-state index contributed by atoms with van der Waals surface area (Å²) in [6.07, 6.45) is 1.07. The van der Waals surface area contributed by atoms with E-state index in [9.17, 15) is 10.2 Å². The van der Waals surface area contributed by atoms with E-state index >= 15 is 0 Å². The van der Waals surface area contributed by atoms with Crippen LogP contribution in [0.25, 0.3) is 0 Å². The molecule has 3 N–H and O–H groups in total. The number of rotatable bonds is 0. The first kappa shape index (κ1) is 7.53. The molecule has 3 heteroatoms. The van der Waals surface area contributed by atoms with E-state index in [0.717, 1.165) is 13.0 Å². The van der Waals surface area contributed by atoms with Crippen molar-refractivity contribution in [2.45, 2.75) is 37.5 Å². The highest BCUT2D eigenvalue weighted by atomic mass is 16.3. The molecule has 3 nitrogen and oxygen atoms in total. The maximum absolute atomic E-state index is 9.96. The molecule has 4 unspecified atom stereocenters. The molecule has 2 rings (SSSR count). The summed E-state index contributed by atoms with van der Waals surface area (Å²) in [6, 6.07) is 0.132. The van der Waals surface area contributed by atoms with Gasteiger partial charge in [0.1, 0.15) is 5.60 Å². The third kappa shape index (κ3) is 0.849. The summed E-state index contributed by atoms with van der Waals surface area (Å²) in [5.41, 5.74) is -0.820. The molecule has 4 atom stereocenters. The molecule has 1 heterocycles. The lowest BCUT2D eigenvalue weighted by atomic mass is 9.94. The van der Waals surface area contributed by atoms with Crippen LogP contribution in [-0.4, -0.2) is 34.5 Å². The first-order chi connectivity index (χ1) is 5.14. The van der Waals surface area contributed by atoms with Gasteiger partial charge >= 0.3 is 0 Å². The Balaban J connectivity index is 2.23. The molecule has 64 valence electrons. The second kappa shape index (κ2) is 2.19. The molecule has 0 aromatic carbocycles. The lowest BCUT2D eigenvalue weighted by Gasteiger charge is -2.26. The number of fused-ring (bicyclic) bond motifs is 1. The van der Waals surface area contributed by atoms with Crippen molar-refractivity contribution >= 4 is 0 Å². The Bertz CT molecular complexity index is 169. The normalized spacial score (nSPS) is 56.5. The molecular formula is C8H15NO2. The predicted molar refractivity (Wildman–Crippen MR) is 41.1 cm³/mol. The Morgan fingerprint density at radius 2 is 2.27 bits per heavy atom.